The van der Waals surface area contributed by atoms with E-state index in [4.69, 9.17) is 20.9 Å². The third-order valence-corrected chi connectivity index (χ3v) is 14.6. The zero-order valence-corrected chi connectivity index (χ0v) is 50.6. The Labute approximate surface area is 468 Å². The van der Waals surface area contributed by atoms with Crippen molar-refractivity contribution in [2.45, 2.75) is 183 Å². The van der Waals surface area contributed by atoms with Crippen molar-refractivity contribution in [3.63, 3.8) is 0 Å². The maximum Gasteiger partial charge on any atom is 0.127 e. The molecule has 0 aromatic heterocycles. The van der Waals surface area contributed by atoms with Gasteiger partial charge in [-0.05, 0) is 166 Å². The van der Waals surface area contributed by atoms with Gasteiger partial charge in [-0.1, -0.05) is 237 Å². The number of para-hydroxylation sites is 1. The van der Waals surface area contributed by atoms with Gasteiger partial charge in [0.1, 0.15) is 11.5 Å². The van der Waals surface area contributed by atoms with E-state index in [-0.39, 0.29) is 0 Å². The van der Waals surface area contributed by atoms with E-state index < -0.39 is 0 Å². The molecule has 4 fully saturated rings. The second kappa shape index (κ2) is 39.7. The van der Waals surface area contributed by atoms with Gasteiger partial charge < -0.3 is 20.9 Å². The van der Waals surface area contributed by atoms with Crippen LogP contribution in [0.4, 0.5) is 5.69 Å². The minimum atomic E-state index is 0.300. The number of nitrogen functional groups attached to an aromatic ring is 1. The van der Waals surface area contributed by atoms with Gasteiger partial charge in [-0.25, -0.2) is 0 Å². The van der Waals surface area contributed by atoms with Crippen LogP contribution in [0.2, 0.25) is 0 Å². The number of methoxy groups -OCH3 is 1. The van der Waals surface area contributed by atoms with Crippen molar-refractivity contribution in [2.24, 2.45) is 29.4 Å². The standard InChI is InChI=1S/C15H16.C13H12O.C10H17N.C10H15N.C7H7Br.C6H14.C5H12O.C4H10/c1-2-15(13-9-5-3-6-10-13)14-11-7-4-8-12-14;1-11-7-9-13(10-8-11)14-12-5-3-2-4-6-12;11-10-4-7-1-8(5-10)3-9(2-7)6-10;1-3-8(2)9-4-6-10(11)7-5-9;1-6-2-4-7(8)5-3-6;1-4-5-6(2)3;1-3-4-5-6-2;1-3-4-2/h3-12,15H,2H2,1H3;2-10H,1H3;7-9H,1-6,11H2;4-8H,3,11H2,1-2H3;2-5H,1H3;6H,4-5H2,1-3H3;3-5H2,1-2H3;3-4H2,1-2H3. The van der Waals surface area contributed by atoms with E-state index in [0.717, 1.165) is 58.4 Å². The highest BCUT2D eigenvalue weighted by atomic mass is 79.9. The van der Waals surface area contributed by atoms with Crippen molar-refractivity contribution in [2.75, 3.05) is 19.5 Å². The third kappa shape index (κ3) is 29.4. The summed E-state index contributed by atoms with van der Waals surface area (Å²) in [7, 11) is 1.73. The molecule has 4 aliphatic rings. The van der Waals surface area contributed by atoms with E-state index in [2.05, 4.69) is 177 Å². The van der Waals surface area contributed by atoms with Gasteiger partial charge in [0.2, 0.25) is 0 Å². The molecule has 6 aromatic rings. The molecule has 6 aromatic carbocycles. The molecule has 4 bridgehead atoms. The Hall–Kier alpha value is -4.68. The van der Waals surface area contributed by atoms with E-state index in [9.17, 15) is 0 Å². The lowest BCUT2D eigenvalue weighted by Crippen LogP contribution is -2.55. The lowest BCUT2D eigenvalue weighted by atomic mass is 9.53. The van der Waals surface area contributed by atoms with Crippen LogP contribution < -0.4 is 16.2 Å². The Morgan fingerprint density at radius 1 is 0.520 bits per heavy atom. The molecule has 0 saturated heterocycles. The summed E-state index contributed by atoms with van der Waals surface area (Å²) >= 11 is 3.35. The summed E-state index contributed by atoms with van der Waals surface area (Å²) in [6.07, 6.45) is 18.7. The molecule has 4 nitrogen and oxygen atoms in total. The van der Waals surface area contributed by atoms with E-state index >= 15 is 0 Å². The Bertz CT molecular complexity index is 2130. The zero-order chi connectivity index (χ0) is 55.3. The largest absolute Gasteiger partial charge is 0.457 e. The van der Waals surface area contributed by atoms with Crippen LogP contribution >= 0.6 is 15.9 Å². The number of ether oxygens (including phenoxy) is 2. The highest BCUT2D eigenvalue weighted by Crippen LogP contribution is 2.54. The van der Waals surface area contributed by atoms with Gasteiger partial charge in [0.25, 0.3) is 0 Å². The van der Waals surface area contributed by atoms with Crippen molar-refractivity contribution in [3.8, 4) is 11.5 Å². The van der Waals surface area contributed by atoms with E-state index in [1.54, 1.807) is 7.11 Å². The van der Waals surface area contributed by atoms with Crippen LogP contribution in [0, 0.1) is 37.5 Å². The maximum absolute atomic E-state index is 6.32. The van der Waals surface area contributed by atoms with E-state index in [0.29, 0.717) is 17.4 Å². The fourth-order valence-electron chi connectivity index (χ4n) is 9.90. The number of aryl methyl sites for hydroxylation is 2. The summed E-state index contributed by atoms with van der Waals surface area (Å²) in [5, 5.41) is 0. The van der Waals surface area contributed by atoms with Crippen molar-refractivity contribution >= 4 is 21.6 Å². The number of halogens is 1. The van der Waals surface area contributed by atoms with Crippen LogP contribution in [0.5, 0.6) is 11.5 Å². The summed E-state index contributed by atoms with van der Waals surface area (Å²) in [5.74, 6) is 6.89. The Morgan fingerprint density at radius 3 is 1.27 bits per heavy atom. The Kier molecular flexibility index (Phi) is 35.1. The molecule has 1 unspecified atom stereocenters. The number of anilines is 1. The lowest BCUT2D eigenvalue weighted by Gasteiger charge is -2.55. The molecule has 0 amide bonds. The molecule has 0 heterocycles. The highest BCUT2D eigenvalue weighted by molar-refractivity contribution is 9.10. The minimum absolute atomic E-state index is 0.300. The molecule has 4 aliphatic carbocycles. The van der Waals surface area contributed by atoms with Crippen molar-refractivity contribution in [3.05, 3.63) is 196 Å². The van der Waals surface area contributed by atoms with E-state index in [1.165, 1.54) is 111 Å². The lowest BCUT2D eigenvalue weighted by molar-refractivity contribution is 0.000363. The first-order chi connectivity index (χ1) is 36.1. The second-order valence-electron chi connectivity index (χ2n) is 21.6. The van der Waals surface area contributed by atoms with Crippen LogP contribution in [0.25, 0.3) is 0 Å². The van der Waals surface area contributed by atoms with Crippen LogP contribution in [0.1, 0.15) is 192 Å². The Morgan fingerprint density at radius 2 is 0.947 bits per heavy atom. The molecule has 4 saturated carbocycles. The molecule has 1 atom stereocenters. The van der Waals surface area contributed by atoms with Gasteiger partial charge in [0.05, 0.1) is 0 Å². The summed E-state index contributed by atoms with van der Waals surface area (Å²) in [4.78, 5) is 0. The first-order valence-corrected chi connectivity index (χ1v) is 29.7. The van der Waals surface area contributed by atoms with Gasteiger partial charge >= 0.3 is 0 Å². The third-order valence-electron chi connectivity index (χ3n) is 14.1. The summed E-state index contributed by atoms with van der Waals surface area (Å²) in [6.45, 7) is 25.0. The quantitative estimate of drug-likeness (QED) is 0.0893. The number of benzene rings is 6. The van der Waals surface area contributed by atoms with Gasteiger partial charge in [0, 0.05) is 35.3 Å². The summed E-state index contributed by atoms with van der Waals surface area (Å²) in [6, 6.07) is 55.6. The van der Waals surface area contributed by atoms with Crippen molar-refractivity contribution in [1.29, 1.82) is 0 Å². The highest BCUT2D eigenvalue weighted by Gasteiger charge is 2.48. The van der Waals surface area contributed by atoms with Gasteiger partial charge in [-0.3, -0.25) is 0 Å². The van der Waals surface area contributed by atoms with Gasteiger partial charge in [0.15, 0.2) is 0 Å². The van der Waals surface area contributed by atoms with Crippen LogP contribution in [-0.2, 0) is 4.74 Å². The molecule has 0 radical (unpaired) electrons. The SMILES string of the molecule is CCC(C)c1ccc(N)cc1.CCC(c1ccccc1)c1ccccc1.CCCC.CCCC(C)C.CCCCOC.Cc1ccc(Br)cc1.Cc1ccc(Oc2ccccc2)cc1.NC12CC3CC(CC(C3)C1)C2. The maximum atomic E-state index is 6.32. The van der Waals surface area contributed by atoms with Crippen LogP contribution in [0.3, 0.4) is 0 Å². The van der Waals surface area contributed by atoms with Gasteiger partial charge in [-0.15, -0.1) is 0 Å². The average molecular weight is 1080 g/mol. The normalized spacial score (nSPS) is 17.6. The zero-order valence-electron chi connectivity index (χ0n) is 49.0. The fourth-order valence-corrected chi connectivity index (χ4v) is 10.2. The van der Waals surface area contributed by atoms with Crippen molar-refractivity contribution < 1.29 is 9.47 Å². The predicted molar refractivity (Wildman–Crippen MR) is 333 cm³/mol. The molecule has 0 spiro atoms. The molecule has 5 heteroatoms. The second-order valence-corrected chi connectivity index (χ2v) is 22.5. The first-order valence-electron chi connectivity index (χ1n) is 28.9. The predicted octanol–water partition coefficient (Wildman–Crippen LogP) is 21.2. The number of hydrogen-bond acceptors (Lipinski definition) is 4. The van der Waals surface area contributed by atoms with E-state index in [1.807, 2.05) is 78.9 Å². The summed E-state index contributed by atoms with van der Waals surface area (Å²) in [5.41, 5.74) is 19.8. The fraction of sp³-hybridized carbons (Fsp3) is 0.486. The van der Waals surface area contributed by atoms with Crippen LogP contribution in [-0.4, -0.2) is 19.3 Å². The number of unbranched alkanes of at least 4 members (excludes halogenated alkanes) is 2. The number of hydrogen-bond donors (Lipinski definition) is 2. The monoisotopic (exact) mass is 1080 g/mol. The molecular formula is C70H103BrN2O2. The number of rotatable bonds is 13. The molecule has 412 valence electrons. The van der Waals surface area contributed by atoms with Crippen molar-refractivity contribution in [1.82, 2.24) is 0 Å². The average Bonchev–Trinajstić information content (AvgIpc) is 3.41. The molecule has 75 heavy (non-hydrogen) atoms. The topological polar surface area (TPSA) is 70.5 Å². The molecule has 10 rings (SSSR count). The summed E-state index contributed by atoms with van der Waals surface area (Å²) < 4.78 is 11.6. The first kappa shape index (κ1) is 66.4. The van der Waals surface area contributed by atoms with Gasteiger partial charge in [-0.2, -0.15) is 0 Å². The minimum Gasteiger partial charge on any atom is -0.457 e. The molecule has 4 N–H and O–H groups in total. The molecular weight excluding hydrogens is 981 g/mol. The number of nitrogens with two attached hydrogens (primary N) is 2. The molecule has 0 aliphatic heterocycles. The smallest absolute Gasteiger partial charge is 0.127 e. The van der Waals surface area contributed by atoms with Crippen LogP contribution in [0.15, 0.2) is 168 Å². The Balaban J connectivity index is 0.000000303.